The number of aliphatic hydroxyl groups is 1. The standard InChI is InChI=1S/C15H22N2O2/c1-2-5-11(18)10-17-15(19)13-8-9-16-14-7-4-3-6-12(13)14/h3-4,6-7,11,13,16,18H,2,5,8-10H2,1H3,(H,17,19). The Morgan fingerprint density at radius 3 is 3.11 bits per heavy atom. The molecule has 19 heavy (non-hydrogen) atoms. The highest BCUT2D eigenvalue weighted by molar-refractivity contribution is 5.86. The number of hydrogen-bond acceptors (Lipinski definition) is 3. The zero-order valence-corrected chi connectivity index (χ0v) is 11.4. The number of anilines is 1. The van der Waals surface area contributed by atoms with Crippen LogP contribution < -0.4 is 10.6 Å². The Bertz CT molecular complexity index is 434. The molecule has 0 spiro atoms. The van der Waals surface area contributed by atoms with E-state index >= 15 is 0 Å². The molecule has 3 N–H and O–H groups in total. The summed E-state index contributed by atoms with van der Waals surface area (Å²) in [5, 5.41) is 15.8. The van der Waals surface area contributed by atoms with Gasteiger partial charge in [0, 0.05) is 18.8 Å². The van der Waals surface area contributed by atoms with Gasteiger partial charge in [0.15, 0.2) is 0 Å². The zero-order valence-electron chi connectivity index (χ0n) is 11.4. The van der Waals surface area contributed by atoms with Crippen molar-refractivity contribution in [2.24, 2.45) is 0 Å². The summed E-state index contributed by atoms with van der Waals surface area (Å²) in [5.41, 5.74) is 2.10. The van der Waals surface area contributed by atoms with Gasteiger partial charge in [-0.3, -0.25) is 4.79 Å². The van der Waals surface area contributed by atoms with Crippen LogP contribution in [0, 0.1) is 0 Å². The lowest BCUT2D eigenvalue weighted by Crippen LogP contribution is -2.37. The van der Waals surface area contributed by atoms with Crippen molar-refractivity contribution in [1.82, 2.24) is 5.32 Å². The van der Waals surface area contributed by atoms with E-state index in [9.17, 15) is 9.90 Å². The Labute approximate surface area is 114 Å². The third-order valence-corrected chi connectivity index (χ3v) is 3.53. The second-order valence-electron chi connectivity index (χ2n) is 5.04. The van der Waals surface area contributed by atoms with Crippen molar-refractivity contribution in [3.8, 4) is 0 Å². The van der Waals surface area contributed by atoms with Crippen LogP contribution in [-0.4, -0.2) is 30.2 Å². The molecule has 0 radical (unpaired) electrons. The van der Waals surface area contributed by atoms with Crippen LogP contribution in [0.4, 0.5) is 5.69 Å². The first-order valence-corrected chi connectivity index (χ1v) is 7.01. The number of aliphatic hydroxyl groups excluding tert-OH is 1. The predicted octanol–water partition coefficient (Wildman–Crippen LogP) is 1.86. The summed E-state index contributed by atoms with van der Waals surface area (Å²) in [6.45, 7) is 3.18. The van der Waals surface area contributed by atoms with Crippen molar-refractivity contribution in [3.63, 3.8) is 0 Å². The van der Waals surface area contributed by atoms with Crippen molar-refractivity contribution in [2.75, 3.05) is 18.4 Å². The van der Waals surface area contributed by atoms with Crippen LogP contribution in [0.3, 0.4) is 0 Å². The summed E-state index contributed by atoms with van der Waals surface area (Å²) >= 11 is 0. The van der Waals surface area contributed by atoms with Crippen LogP contribution in [-0.2, 0) is 4.79 Å². The Balaban J connectivity index is 1.97. The summed E-state index contributed by atoms with van der Waals surface area (Å²) in [6, 6.07) is 7.92. The molecule has 0 aromatic heterocycles. The minimum Gasteiger partial charge on any atom is -0.391 e. The summed E-state index contributed by atoms with van der Waals surface area (Å²) in [6.07, 6.45) is 2.01. The van der Waals surface area contributed by atoms with E-state index in [1.165, 1.54) is 0 Å². The van der Waals surface area contributed by atoms with Gasteiger partial charge < -0.3 is 15.7 Å². The molecule has 1 heterocycles. The minimum absolute atomic E-state index is 0.0177. The third-order valence-electron chi connectivity index (χ3n) is 3.53. The Hall–Kier alpha value is -1.55. The maximum absolute atomic E-state index is 12.2. The number of amides is 1. The van der Waals surface area contributed by atoms with E-state index in [4.69, 9.17) is 0 Å². The van der Waals surface area contributed by atoms with Gasteiger partial charge in [-0.15, -0.1) is 0 Å². The first-order valence-electron chi connectivity index (χ1n) is 7.01. The number of benzene rings is 1. The van der Waals surface area contributed by atoms with Crippen molar-refractivity contribution in [1.29, 1.82) is 0 Å². The maximum atomic E-state index is 12.2. The fraction of sp³-hybridized carbons (Fsp3) is 0.533. The van der Waals surface area contributed by atoms with Crippen molar-refractivity contribution in [2.45, 2.75) is 38.2 Å². The zero-order chi connectivity index (χ0) is 13.7. The first kappa shape index (κ1) is 13.9. The second-order valence-corrected chi connectivity index (χ2v) is 5.04. The second kappa shape index (κ2) is 6.57. The van der Waals surface area contributed by atoms with Gasteiger partial charge >= 0.3 is 0 Å². The van der Waals surface area contributed by atoms with E-state index in [0.717, 1.165) is 37.1 Å². The van der Waals surface area contributed by atoms with E-state index < -0.39 is 6.10 Å². The van der Waals surface area contributed by atoms with Gasteiger partial charge in [0.05, 0.1) is 12.0 Å². The van der Waals surface area contributed by atoms with E-state index in [1.807, 2.05) is 31.2 Å². The number of rotatable bonds is 5. The van der Waals surface area contributed by atoms with Crippen LogP contribution in [0.2, 0.25) is 0 Å². The van der Waals surface area contributed by atoms with E-state index in [-0.39, 0.29) is 11.8 Å². The lowest BCUT2D eigenvalue weighted by atomic mass is 9.90. The lowest BCUT2D eigenvalue weighted by molar-refractivity contribution is -0.123. The van der Waals surface area contributed by atoms with E-state index in [1.54, 1.807) is 0 Å². The maximum Gasteiger partial charge on any atom is 0.227 e. The molecule has 1 amide bonds. The number of carbonyl (C=O) groups is 1. The highest BCUT2D eigenvalue weighted by atomic mass is 16.3. The van der Waals surface area contributed by atoms with Crippen molar-refractivity contribution in [3.05, 3.63) is 29.8 Å². The minimum atomic E-state index is -0.439. The summed E-state index contributed by atoms with van der Waals surface area (Å²) in [7, 11) is 0. The van der Waals surface area contributed by atoms with Crippen LogP contribution >= 0.6 is 0 Å². The molecular formula is C15H22N2O2. The predicted molar refractivity (Wildman–Crippen MR) is 76.2 cm³/mol. The number of fused-ring (bicyclic) bond motifs is 1. The SMILES string of the molecule is CCCC(O)CNC(=O)C1CCNc2ccccc21. The lowest BCUT2D eigenvalue weighted by Gasteiger charge is -2.26. The Morgan fingerprint density at radius 1 is 1.53 bits per heavy atom. The molecule has 1 aromatic carbocycles. The van der Waals surface area contributed by atoms with Crippen LogP contribution in [0.25, 0.3) is 0 Å². The fourth-order valence-corrected chi connectivity index (χ4v) is 2.52. The average Bonchev–Trinajstić information content (AvgIpc) is 2.44. The number of hydrogen-bond donors (Lipinski definition) is 3. The van der Waals surface area contributed by atoms with Crippen LogP contribution in [0.1, 0.15) is 37.7 Å². The monoisotopic (exact) mass is 262 g/mol. The molecule has 1 aliphatic heterocycles. The molecule has 0 aliphatic carbocycles. The van der Waals surface area contributed by atoms with Crippen molar-refractivity contribution >= 4 is 11.6 Å². The first-order chi connectivity index (χ1) is 9.22. The van der Waals surface area contributed by atoms with Gasteiger partial charge in [0.25, 0.3) is 0 Å². The normalized spacial score (nSPS) is 19.2. The number of para-hydroxylation sites is 1. The van der Waals surface area contributed by atoms with Gasteiger partial charge in [-0.05, 0) is 24.5 Å². The van der Waals surface area contributed by atoms with Crippen LogP contribution in [0.5, 0.6) is 0 Å². The fourth-order valence-electron chi connectivity index (χ4n) is 2.52. The summed E-state index contributed by atoms with van der Waals surface area (Å²) < 4.78 is 0. The molecule has 2 atom stereocenters. The molecule has 0 fully saturated rings. The van der Waals surface area contributed by atoms with Crippen LogP contribution in [0.15, 0.2) is 24.3 Å². The van der Waals surface area contributed by atoms with Gasteiger partial charge in [-0.25, -0.2) is 0 Å². The van der Waals surface area contributed by atoms with Gasteiger partial charge in [-0.1, -0.05) is 31.5 Å². The molecule has 2 rings (SSSR count). The molecule has 4 nitrogen and oxygen atoms in total. The van der Waals surface area contributed by atoms with Gasteiger partial charge in [-0.2, -0.15) is 0 Å². The van der Waals surface area contributed by atoms with E-state index in [2.05, 4.69) is 10.6 Å². The molecule has 0 saturated heterocycles. The smallest absolute Gasteiger partial charge is 0.227 e. The summed E-state index contributed by atoms with van der Waals surface area (Å²) in [4.78, 5) is 12.2. The third kappa shape index (κ3) is 3.47. The molecule has 0 bridgehead atoms. The number of nitrogens with one attached hydrogen (secondary N) is 2. The van der Waals surface area contributed by atoms with Crippen molar-refractivity contribution < 1.29 is 9.90 Å². The quantitative estimate of drug-likeness (QED) is 0.759. The molecule has 4 heteroatoms. The average molecular weight is 262 g/mol. The summed E-state index contributed by atoms with van der Waals surface area (Å²) in [5.74, 6) is -0.0876. The Morgan fingerprint density at radius 2 is 2.32 bits per heavy atom. The van der Waals surface area contributed by atoms with Gasteiger partial charge in [0.2, 0.25) is 5.91 Å². The molecule has 1 aliphatic rings. The largest absolute Gasteiger partial charge is 0.391 e. The molecule has 2 unspecified atom stereocenters. The topological polar surface area (TPSA) is 61.4 Å². The van der Waals surface area contributed by atoms with Gasteiger partial charge in [0.1, 0.15) is 0 Å². The highest BCUT2D eigenvalue weighted by Crippen LogP contribution is 2.31. The molecule has 104 valence electrons. The molecule has 0 saturated carbocycles. The Kier molecular flexibility index (Phi) is 4.80. The molecular weight excluding hydrogens is 240 g/mol. The highest BCUT2D eigenvalue weighted by Gasteiger charge is 2.26. The number of carbonyl (C=O) groups excluding carboxylic acids is 1. The molecule has 1 aromatic rings. The van der Waals surface area contributed by atoms with E-state index in [0.29, 0.717) is 6.54 Å².